The number of benzene rings is 2. The van der Waals surface area contributed by atoms with E-state index in [4.69, 9.17) is 16.2 Å². The fourth-order valence-electron chi connectivity index (χ4n) is 2.69. The van der Waals surface area contributed by atoms with Crippen LogP contribution in [0.4, 0.5) is 0 Å². The van der Waals surface area contributed by atoms with Crippen molar-refractivity contribution >= 4 is 28.5 Å². The molecule has 0 saturated carbocycles. The molecule has 0 aliphatic carbocycles. The van der Waals surface area contributed by atoms with Crippen molar-refractivity contribution in [3.05, 3.63) is 48.0 Å². The highest BCUT2D eigenvalue weighted by Crippen LogP contribution is 2.18. The van der Waals surface area contributed by atoms with Gasteiger partial charge in [0.1, 0.15) is 6.04 Å². The minimum Gasteiger partial charge on any atom is -0.382 e. The molecule has 2 aromatic carbocycles. The normalized spacial score (nSPS) is 13.0. The lowest BCUT2D eigenvalue weighted by Gasteiger charge is -2.20. The summed E-state index contributed by atoms with van der Waals surface area (Å²) >= 11 is 0. The first-order valence-corrected chi connectivity index (χ1v) is 8.50. The van der Waals surface area contributed by atoms with Crippen LogP contribution >= 0.6 is 0 Å². The van der Waals surface area contributed by atoms with Crippen LogP contribution in [0.2, 0.25) is 0 Å². The average molecular weight is 372 g/mol. The molecule has 27 heavy (non-hydrogen) atoms. The van der Waals surface area contributed by atoms with E-state index in [-0.39, 0.29) is 13.0 Å². The lowest BCUT2D eigenvalue weighted by atomic mass is 10.0. The van der Waals surface area contributed by atoms with E-state index in [1.54, 1.807) is 0 Å². The highest BCUT2D eigenvalue weighted by Gasteiger charge is 2.24. The van der Waals surface area contributed by atoms with Crippen molar-refractivity contribution in [2.24, 2.45) is 11.5 Å². The summed E-state index contributed by atoms with van der Waals surface area (Å²) in [7, 11) is 1.42. The first-order valence-electron chi connectivity index (χ1n) is 8.50. The summed E-state index contributed by atoms with van der Waals surface area (Å²) in [6.07, 6.45) is -0.302. The first kappa shape index (κ1) is 20.3. The Labute approximate surface area is 157 Å². The van der Waals surface area contributed by atoms with Crippen LogP contribution in [-0.4, -0.2) is 43.5 Å². The molecule has 2 rings (SSSR count). The molecular weight excluding hydrogens is 348 g/mol. The third-order valence-electron chi connectivity index (χ3n) is 4.06. The van der Waals surface area contributed by atoms with E-state index in [2.05, 4.69) is 10.6 Å². The molecular formula is C19H24N4O4. The number of methoxy groups -OCH3 is 1. The Morgan fingerprint density at radius 3 is 2.48 bits per heavy atom. The quantitative estimate of drug-likeness (QED) is 0.483. The van der Waals surface area contributed by atoms with E-state index in [0.717, 1.165) is 16.3 Å². The molecule has 2 atom stereocenters. The second-order valence-corrected chi connectivity index (χ2v) is 6.15. The minimum absolute atomic E-state index is 0.0313. The van der Waals surface area contributed by atoms with Crippen molar-refractivity contribution < 1.29 is 19.1 Å². The summed E-state index contributed by atoms with van der Waals surface area (Å²) in [4.78, 5) is 35.4. The Morgan fingerprint density at radius 2 is 1.78 bits per heavy atom. The molecule has 8 nitrogen and oxygen atoms in total. The van der Waals surface area contributed by atoms with Crippen molar-refractivity contribution in [1.82, 2.24) is 10.6 Å². The molecule has 0 aliphatic rings. The average Bonchev–Trinajstić information content (AvgIpc) is 2.65. The molecule has 0 spiro atoms. The van der Waals surface area contributed by atoms with Crippen LogP contribution in [0.15, 0.2) is 42.5 Å². The van der Waals surface area contributed by atoms with Crippen LogP contribution in [0, 0.1) is 0 Å². The molecule has 144 valence electrons. The van der Waals surface area contributed by atoms with Gasteiger partial charge in [0.15, 0.2) is 0 Å². The van der Waals surface area contributed by atoms with Crippen molar-refractivity contribution in [1.29, 1.82) is 0 Å². The van der Waals surface area contributed by atoms with Crippen molar-refractivity contribution in [3.8, 4) is 0 Å². The van der Waals surface area contributed by atoms with Gasteiger partial charge in [-0.25, -0.2) is 0 Å². The zero-order chi connectivity index (χ0) is 19.8. The smallest absolute Gasteiger partial charge is 0.245 e. The minimum atomic E-state index is -1.12. The van der Waals surface area contributed by atoms with Gasteiger partial charge in [0, 0.05) is 13.7 Å². The SMILES string of the molecule is COCC(NC(=O)C(N)CC(N)=O)C(=O)NCc1cccc2ccccc12. The van der Waals surface area contributed by atoms with E-state index in [1.807, 2.05) is 42.5 Å². The Bertz CT molecular complexity index is 819. The number of carbonyl (C=O) groups is 3. The molecule has 0 aliphatic heterocycles. The van der Waals surface area contributed by atoms with Gasteiger partial charge in [0.25, 0.3) is 0 Å². The highest BCUT2D eigenvalue weighted by molar-refractivity contribution is 5.92. The Morgan fingerprint density at radius 1 is 1.07 bits per heavy atom. The monoisotopic (exact) mass is 372 g/mol. The summed E-state index contributed by atoms with van der Waals surface area (Å²) < 4.78 is 5.00. The van der Waals surface area contributed by atoms with Gasteiger partial charge in [-0.05, 0) is 16.3 Å². The van der Waals surface area contributed by atoms with E-state index in [1.165, 1.54) is 7.11 Å². The molecule has 0 aromatic heterocycles. The van der Waals surface area contributed by atoms with Gasteiger partial charge in [-0.1, -0.05) is 42.5 Å². The molecule has 0 fully saturated rings. The lowest BCUT2D eigenvalue weighted by molar-refractivity contribution is -0.131. The molecule has 2 unspecified atom stereocenters. The predicted molar refractivity (Wildman–Crippen MR) is 101 cm³/mol. The maximum Gasteiger partial charge on any atom is 0.245 e. The predicted octanol–water partition coefficient (Wildman–Crippen LogP) is -0.210. The molecule has 0 radical (unpaired) electrons. The number of ether oxygens (including phenoxy) is 1. The Hall–Kier alpha value is -2.97. The topological polar surface area (TPSA) is 137 Å². The molecule has 2 aromatic rings. The molecule has 0 bridgehead atoms. The summed E-state index contributed by atoms with van der Waals surface area (Å²) in [5.74, 6) is -1.75. The summed E-state index contributed by atoms with van der Waals surface area (Å²) in [6.45, 7) is 0.264. The lowest BCUT2D eigenvalue weighted by Crippen LogP contribution is -2.53. The van der Waals surface area contributed by atoms with Gasteiger partial charge in [-0.3, -0.25) is 14.4 Å². The van der Waals surface area contributed by atoms with Gasteiger partial charge in [0.2, 0.25) is 17.7 Å². The van der Waals surface area contributed by atoms with Crippen LogP contribution in [0.1, 0.15) is 12.0 Å². The van der Waals surface area contributed by atoms with Gasteiger partial charge in [0.05, 0.1) is 19.1 Å². The standard InChI is InChI=1S/C19H24N4O4/c1-27-11-16(23-18(25)15(20)9-17(21)24)19(26)22-10-13-7-4-6-12-5-2-3-8-14(12)13/h2-8,15-16H,9-11,20H2,1H3,(H2,21,24)(H,22,26)(H,23,25). The van der Waals surface area contributed by atoms with Crippen molar-refractivity contribution in [3.63, 3.8) is 0 Å². The molecule has 0 saturated heterocycles. The number of amides is 3. The third kappa shape index (κ3) is 5.77. The number of nitrogens with one attached hydrogen (secondary N) is 2. The van der Waals surface area contributed by atoms with Crippen molar-refractivity contribution in [2.75, 3.05) is 13.7 Å². The molecule has 8 heteroatoms. The van der Waals surface area contributed by atoms with Crippen LogP contribution in [0.25, 0.3) is 10.8 Å². The second kappa shape index (κ2) is 9.65. The summed E-state index contributed by atoms with van der Waals surface area (Å²) in [5.41, 5.74) is 11.6. The van der Waals surface area contributed by atoms with Gasteiger partial charge < -0.3 is 26.8 Å². The van der Waals surface area contributed by atoms with E-state index in [0.29, 0.717) is 6.54 Å². The summed E-state index contributed by atoms with van der Waals surface area (Å²) in [5, 5.41) is 7.39. The number of nitrogens with two attached hydrogens (primary N) is 2. The number of rotatable bonds is 9. The number of hydrogen-bond donors (Lipinski definition) is 4. The third-order valence-corrected chi connectivity index (χ3v) is 4.06. The zero-order valence-corrected chi connectivity index (χ0v) is 15.1. The maximum absolute atomic E-state index is 12.5. The van der Waals surface area contributed by atoms with Crippen LogP contribution in [-0.2, 0) is 25.7 Å². The van der Waals surface area contributed by atoms with Crippen LogP contribution in [0.3, 0.4) is 0 Å². The number of hydrogen-bond acceptors (Lipinski definition) is 5. The van der Waals surface area contributed by atoms with Crippen molar-refractivity contribution in [2.45, 2.75) is 25.0 Å². The molecule has 0 heterocycles. The molecule has 6 N–H and O–H groups in total. The van der Waals surface area contributed by atoms with Gasteiger partial charge >= 0.3 is 0 Å². The maximum atomic E-state index is 12.5. The zero-order valence-electron chi connectivity index (χ0n) is 15.1. The van der Waals surface area contributed by atoms with Crippen LogP contribution in [0.5, 0.6) is 0 Å². The van der Waals surface area contributed by atoms with E-state index in [9.17, 15) is 14.4 Å². The summed E-state index contributed by atoms with van der Waals surface area (Å²) in [6, 6.07) is 11.6. The number of carbonyl (C=O) groups excluding carboxylic acids is 3. The van der Waals surface area contributed by atoms with E-state index >= 15 is 0 Å². The Kier molecular flexibility index (Phi) is 7.27. The molecule has 3 amide bonds. The second-order valence-electron chi connectivity index (χ2n) is 6.15. The van der Waals surface area contributed by atoms with Gasteiger partial charge in [-0.2, -0.15) is 0 Å². The Balaban J connectivity index is 2.02. The fraction of sp³-hybridized carbons (Fsp3) is 0.316. The highest BCUT2D eigenvalue weighted by atomic mass is 16.5. The number of primary amides is 1. The first-order chi connectivity index (χ1) is 12.9. The van der Waals surface area contributed by atoms with E-state index < -0.39 is 29.8 Å². The number of fused-ring (bicyclic) bond motifs is 1. The van der Waals surface area contributed by atoms with Gasteiger partial charge in [-0.15, -0.1) is 0 Å². The largest absolute Gasteiger partial charge is 0.382 e. The fourth-order valence-corrected chi connectivity index (χ4v) is 2.69. The van der Waals surface area contributed by atoms with Crippen LogP contribution < -0.4 is 22.1 Å².